The third-order valence-electron chi connectivity index (χ3n) is 3.05. The quantitative estimate of drug-likeness (QED) is 0.862. The average molecular weight is 229 g/mol. The molecular weight excluding hydrogens is 214 g/mol. The molecule has 0 bridgehead atoms. The summed E-state index contributed by atoms with van der Waals surface area (Å²) >= 11 is 0. The largest absolute Gasteiger partial charge is 0.307 e. The van der Waals surface area contributed by atoms with Gasteiger partial charge in [-0.2, -0.15) is 0 Å². The van der Waals surface area contributed by atoms with Gasteiger partial charge < -0.3 is 5.32 Å². The van der Waals surface area contributed by atoms with Crippen LogP contribution in [-0.4, -0.2) is 26.2 Å². The summed E-state index contributed by atoms with van der Waals surface area (Å²) < 4.78 is 1.67. The van der Waals surface area contributed by atoms with Gasteiger partial charge in [0.1, 0.15) is 6.33 Å². The molecule has 1 fully saturated rings. The smallest absolute Gasteiger partial charge is 0.143 e. The standard InChI is InChI=1S/C12H15N5/c1-9(14-11-5-6-11)10-3-2-4-12(7-10)17-8-13-15-16-17/h2-4,7-9,11,14H,5-6H2,1H3. The van der Waals surface area contributed by atoms with Crippen molar-refractivity contribution in [2.24, 2.45) is 0 Å². The summed E-state index contributed by atoms with van der Waals surface area (Å²) in [6.07, 6.45) is 4.21. The van der Waals surface area contributed by atoms with Gasteiger partial charge in [-0.05, 0) is 47.9 Å². The fourth-order valence-corrected chi connectivity index (χ4v) is 1.92. The minimum absolute atomic E-state index is 0.374. The maximum atomic E-state index is 3.90. The van der Waals surface area contributed by atoms with Gasteiger partial charge in [0.15, 0.2) is 0 Å². The lowest BCUT2D eigenvalue weighted by molar-refractivity contribution is 0.570. The Labute approximate surface area is 99.8 Å². The van der Waals surface area contributed by atoms with Crippen molar-refractivity contribution in [2.45, 2.75) is 31.8 Å². The second kappa shape index (κ2) is 4.25. The molecule has 1 unspecified atom stereocenters. The van der Waals surface area contributed by atoms with Gasteiger partial charge in [-0.15, -0.1) is 5.10 Å². The Hall–Kier alpha value is -1.75. The van der Waals surface area contributed by atoms with Crippen molar-refractivity contribution in [3.63, 3.8) is 0 Å². The summed E-state index contributed by atoms with van der Waals surface area (Å²) in [7, 11) is 0. The van der Waals surface area contributed by atoms with Crippen LogP contribution in [-0.2, 0) is 0 Å². The van der Waals surface area contributed by atoms with Crippen molar-refractivity contribution in [1.82, 2.24) is 25.5 Å². The molecule has 2 aromatic rings. The summed E-state index contributed by atoms with van der Waals surface area (Å²) in [4.78, 5) is 0. The number of rotatable bonds is 4. The van der Waals surface area contributed by atoms with Crippen molar-refractivity contribution in [1.29, 1.82) is 0 Å². The van der Waals surface area contributed by atoms with Crippen LogP contribution in [0.15, 0.2) is 30.6 Å². The molecule has 88 valence electrons. The highest BCUT2D eigenvalue weighted by Crippen LogP contribution is 2.24. The fraction of sp³-hybridized carbons (Fsp3) is 0.417. The molecule has 0 aliphatic heterocycles. The van der Waals surface area contributed by atoms with E-state index in [-0.39, 0.29) is 0 Å². The van der Waals surface area contributed by atoms with Crippen molar-refractivity contribution >= 4 is 0 Å². The van der Waals surface area contributed by atoms with E-state index in [1.807, 2.05) is 12.1 Å². The van der Waals surface area contributed by atoms with Crippen molar-refractivity contribution in [2.75, 3.05) is 0 Å². The highest BCUT2D eigenvalue weighted by molar-refractivity contribution is 5.35. The van der Waals surface area contributed by atoms with Gasteiger partial charge in [0.25, 0.3) is 0 Å². The first-order valence-electron chi connectivity index (χ1n) is 5.92. The third kappa shape index (κ3) is 2.34. The lowest BCUT2D eigenvalue weighted by Crippen LogP contribution is -2.20. The molecule has 0 saturated heterocycles. The fourth-order valence-electron chi connectivity index (χ4n) is 1.92. The predicted octanol–water partition coefficient (Wildman–Crippen LogP) is 1.48. The van der Waals surface area contributed by atoms with Crippen LogP contribution in [0.25, 0.3) is 5.69 Å². The molecule has 1 atom stereocenters. The molecular formula is C12H15N5. The van der Waals surface area contributed by atoms with Crippen molar-refractivity contribution in [3.8, 4) is 5.69 Å². The van der Waals surface area contributed by atoms with Crippen LogP contribution in [0.3, 0.4) is 0 Å². The second-order valence-corrected chi connectivity index (χ2v) is 4.51. The second-order valence-electron chi connectivity index (χ2n) is 4.51. The number of nitrogens with one attached hydrogen (secondary N) is 1. The van der Waals surface area contributed by atoms with Gasteiger partial charge >= 0.3 is 0 Å². The highest BCUT2D eigenvalue weighted by Gasteiger charge is 2.23. The zero-order valence-electron chi connectivity index (χ0n) is 9.74. The van der Waals surface area contributed by atoms with E-state index < -0.39 is 0 Å². The first-order valence-corrected chi connectivity index (χ1v) is 5.92. The minimum atomic E-state index is 0.374. The van der Waals surface area contributed by atoms with E-state index in [0.29, 0.717) is 12.1 Å². The molecule has 1 aliphatic rings. The Morgan fingerprint density at radius 1 is 1.41 bits per heavy atom. The zero-order chi connectivity index (χ0) is 11.7. The highest BCUT2D eigenvalue weighted by atomic mass is 15.5. The van der Waals surface area contributed by atoms with Crippen LogP contribution in [0.2, 0.25) is 0 Å². The summed E-state index contributed by atoms with van der Waals surface area (Å²) in [6.45, 7) is 2.19. The molecule has 17 heavy (non-hydrogen) atoms. The van der Waals surface area contributed by atoms with Gasteiger partial charge in [-0.1, -0.05) is 12.1 Å². The Balaban J connectivity index is 1.82. The van der Waals surface area contributed by atoms with E-state index in [4.69, 9.17) is 0 Å². The van der Waals surface area contributed by atoms with E-state index in [1.165, 1.54) is 18.4 Å². The maximum Gasteiger partial charge on any atom is 0.143 e. The molecule has 1 saturated carbocycles. The molecule has 0 radical (unpaired) electrons. The number of hydrogen-bond acceptors (Lipinski definition) is 4. The molecule has 3 rings (SSSR count). The number of aromatic nitrogens is 4. The van der Waals surface area contributed by atoms with Crippen LogP contribution in [0.4, 0.5) is 0 Å². The SMILES string of the molecule is CC(NC1CC1)c1cccc(-n2cnnn2)c1. The van der Waals surface area contributed by atoms with Gasteiger partial charge in [0.2, 0.25) is 0 Å². The van der Waals surface area contributed by atoms with Crippen LogP contribution >= 0.6 is 0 Å². The third-order valence-corrected chi connectivity index (χ3v) is 3.05. The molecule has 1 heterocycles. The van der Waals surface area contributed by atoms with Crippen LogP contribution in [0, 0.1) is 0 Å². The Kier molecular flexibility index (Phi) is 2.60. The lowest BCUT2D eigenvalue weighted by Gasteiger charge is -2.14. The van der Waals surface area contributed by atoms with E-state index in [9.17, 15) is 0 Å². The summed E-state index contributed by atoms with van der Waals surface area (Å²) in [6, 6.07) is 9.38. The molecule has 1 aromatic carbocycles. The van der Waals surface area contributed by atoms with E-state index in [2.05, 4.69) is 39.9 Å². The van der Waals surface area contributed by atoms with Crippen LogP contribution < -0.4 is 5.32 Å². The molecule has 1 aromatic heterocycles. The number of benzene rings is 1. The van der Waals surface area contributed by atoms with Gasteiger partial charge in [-0.3, -0.25) is 0 Å². The average Bonchev–Trinajstić information content (AvgIpc) is 3.00. The van der Waals surface area contributed by atoms with Gasteiger partial charge in [-0.25, -0.2) is 4.68 Å². The predicted molar refractivity (Wildman–Crippen MR) is 63.7 cm³/mol. The Morgan fingerprint density at radius 3 is 3.00 bits per heavy atom. The molecule has 5 heteroatoms. The normalized spacial score (nSPS) is 17.0. The monoisotopic (exact) mass is 229 g/mol. The Bertz CT molecular complexity index is 489. The molecule has 0 amide bonds. The number of tetrazole rings is 1. The molecule has 1 aliphatic carbocycles. The first-order chi connectivity index (χ1) is 8.33. The van der Waals surface area contributed by atoms with Crippen molar-refractivity contribution in [3.05, 3.63) is 36.2 Å². The lowest BCUT2D eigenvalue weighted by atomic mass is 10.1. The topological polar surface area (TPSA) is 55.6 Å². The number of hydrogen-bond donors (Lipinski definition) is 1. The first kappa shape index (κ1) is 10.4. The summed E-state index contributed by atoms with van der Waals surface area (Å²) in [5, 5.41) is 14.8. The molecule has 0 spiro atoms. The summed E-state index contributed by atoms with van der Waals surface area (Å²) in [5.41, 5.74) is 2.27. The summed E-state index contributed by atoms with van der Waals surface area (Å²) in [5.74, 6) is 0. The van der Waals surface area contributed by atoms with Gasteiger partial charge in [0, 0.05) is 12.1 Å². The zero-order valence-corrected chi connectivity index (χ0v) is 9.74. The Morgan fingerprint density at radius 2 is 2.29 bits per heavy atom. The van der Waals surface area contributed by atoms with Crippen molar-refractivity contribution < 1.29 is 0 Å². The van der Waals surface area contributed by atoms with Gasteiger partial charge in [0.05, 0.1) is 5.69 Å². The van der Waals surface area contributed by atoms with Crippen LogP contribution in [0.5, 0.6) is 0 Å². The van der Waals surface area contributed by atoms with Crippen LogP contribution in [0.1, 0.15) is 31.4 Å². The van der Waals surface area contributed by atoms with E-state index in [0.717, 1.165) is 5.69 Å². The molecule has 1 N–H and O–H groups in total. The minimum Gasteiger partial charge on any atom is -0.307 e. The molecule has 5 nitrogen and oxygen atoms in total. The maximum absolute atomic E-state index is 3.90. The van der Waals surface area contributed by atoms with E-state index in [1.54, 1.807) is 11.0 Å². The van der Waals surface area contributed by atoms with E-state index >= 15 is 0 Å². The number of nitrogens with zero attached hydrogens (tertiary/aromatic N) is 4.